The fourth-order valence-corrected chi connectivity index (χ4v) is 3.67. The van der Waals surface area contributed by atoms with Crippen LogP contribution in [0.1, 0.15) is 60.5 Å². The van der Waals surface area contributed by atoms with E-state index in [9.17, 15) is 4.79 Å². The number of fused-ring (bicyclic) bond motifs is 3. The summed E-state index contributed by atoms with van der Waals surface area (Å²) in [5.41, 5.74) is 1.90. The van der Waals surface area contributed by atoms with Crippen molar-refractivity contribution < 1.29 is 9.32 Å². The van der Waals surface area contributed by atoms with Crippen LogP contribution in [0.25, 0.3) is 0 Å². The summed E-state index contributed by atoms with van der Waals surface area (Å²) in [5, 5.41) is 12.7. The molecule has 0 N–H and O–H groups in total. The molecule has 0 saturated carbocycles. The average molecular weight is 301 g/mol. The number of carbonyl (C=O) groups is 1. The van der Waals surface area contributed by atoms with Crippen molar-refractivity contribution >= 4 is 5.91 Å². The van der Waals surface area contributed by atoms with Gasteiger partial charge in [-0.2, -0.15) is 0 Å². The van der Waals surface area contributed by atoms with Crippen LogP contribution in [0.4, 0.5) is 0 Å². The summed E-state index contributed by atoms with van der Waals surface area (Å²) in [6.07, 6.45) is 2.61. The van der Waals surface area contributed by atoms with Gasteiger partial charge >= 0.3 is 0 Å². The molecule has 0 aliphatic carbocycles. The molecule has 1 fully saturated rings. The highest BCUT2D eigenvalue weighted by atomic mass is 16.5. The predicted molar refractivity (Wildman–Crippen MR) is 77.2 cm³/mol. The third-order valence-electron chi connectivity index (χ3n) is 4.89. The van der Waals surface area contributed by atoms with Crippen molar-refractivity contribution in [1.29, 1.82) is 0 Å². The van der Waals surface area contributed by atoms with E-state index in [1.54, 1.807) is 0 Å². The number of aryl methyl sites for hydroxylation is 2. The van der Waals surface area contributed by atoms with Gasteiger partial charge in [-0.1, -0.05) is 5.16 Å². The van der Waals surface area contributed by atoms with Gasteiger partial charge in [0.05, 0.1) is 11.7 Å². The smallest absolute Gasteiger partial charge is 0.246 e. The highest BCUT2D eigenvalue weighted by Gasteiger charge is 2.42. The van der Waals surface area contributed by atoms with Crippen LogP contribution < -0.4 is 0 Å². The maximum absolute atomic E-state index is 12.6. The molecule has 4 rings (SSSR count). The van der Waals surface area contributed by atoms with Crippen LogP contribution in [-0.4, -0.2) is 37.3 Å². The van der Waals surface area contributed by atoms with Gasteiger partial charge in [0.25, 0.3) is 0 Å². The Hall–Kier alpha value is -2.18. The van der Waals surface area contributed by atoms with Crippen LogP contribution in [0.3, 0.4) is 0 Å². The average Bonchev–Trinajstić information content (AvgIpc) is 3.19. The van der Waals surface area contributed by atoms with Crippen molar-refractivity contribution in [3.05, 3.63) is 28.7 Å². The number of hydrogen-bond donors (Lipinski definition) is 0. The van der Waals surface area contributed by atoms with E-state index in [1.807, 2.05) is 30.2 Å². The van der Waals surface area contributed by atoms with E-state index < -0.39 is 0 Å². The van der Waals surface area contributed by atoms with Gasteiger partial charge in [-0.25, -0.2) is 0 Å². The molecule has 22 heavy (non-hydrogen) atoms. The molecule has 0 unspecified atom stereocenters. The molecule has 2 aromatic rings. The third-order valence-corrected chi connectivity index (χ3v) is 4.89. The van der Waals surface area contributed by atoms with E-state index in [2.05, 4.69) is 15.4 Å². The number of carbonyl (C=O) groups excluding carboxylic acids is 1. The summed E-state index contributed by atoms with van der Waals surface area (Å²) in [4.78, 5) is 14.5. The zero-order chi connectivity index (χ0) is 15.4. The lowest BCUT2D eigenvalue weighted by atomic mass is 10.1. The Labute approximate surface area is 128 Å². The van der Waals surface area contributed by atoms with E-state index in [0.717, 1.165) is 48.1 Å². The van der Waals surface area contributed by atoms with Gasteiger partial charge < -0.3 is 14.0 Å². The Morgan fingerprint density at radius 3 is 2.86 bits per heavy atom. The monoisotopic (exact) mass is 301 g/mol. The molecule has 2 atom stereocenters. The topological polar surface area (TPSA) is 77.0 Å². The van der Waals surface area contributed by atoms with Crippen molar-refractivity contribution in [3.63, 3.8) is 0 Å². The summed E-state index contributed by atoms with van der Waals surface area (Å²) >= 11 is 0. The second-order valence-electron chi connectivity index (χ2n) is 6.19. The van der Waals surface area contributed by atoms with E-state index >= 15 is 0 Å². The summed E-state index contributed by atoms with van der Waals surface area (Å²) < 4.78 is 7.24. The van der Waals surface area contributed by atoms with Gasteiger partial charge in [0.2, 0.25) is 5.91 Å². The summed E-state index contributed by atoms with van der Waals surface area (Å²) in [7, 11) is 0. The fraction of sp³-hybridized carbons (Fsp3) is 0.600. The Balaban J connectivity index is 1.77. The molecule has 0 spiro atoms. The highest BCUT2D eigenvalue weighted by Crippen LogP contribution is 2.38. The van der Waals surface area contributed by atoms with Crippen LogP contribution in [0.5, 0.6) is 0 Å². The molecular formula is C15H19N5O2. The van der Waals surface area contributed by atoms with Crippen molar-refractivity contribution in [2.45, 2.75) is 52.1 Å². The lowest BCUT2D eigenvalue weighted by Crippen LogP contribution is -2.42. The maximum Gasteiger partial charge on any atom is 0.246 e. The standard InChI is InChI=1S/C15H19N5O2/c1-8-11(10(3)22-18-8)7-13-16-17-14-12-5-4-6-19(12)15(21)9(2)20(13)14/h9,12H,4-7H2,1-3H3/t9-,12-/m0/s1. The van der Waals surface area contributed by atoms with Gasteiger partial charge in [-0.05, 0) is 33.6 Å². The van der Waals surface area contributed by atoms with Crippen molar-refractivity contribution in [2.75, 3.05) is 6.54 Å². The second-order valence-corrected chi connectivity index (χ2v) is 6.19. The van der Waals surface area contributed by atoms with Gasteiger partial charge in [0.1, 0.15) is 17.6 Å². The lowest BCUT2D eigenvalue weighted by molar-refractivity contribution is -0.137. The van der Waals surface area contributed by atoms with Crippen LogP contribution in [-0.2, 0) is 11.2 Å². The SMILES string of the molecule is Cc1noc(C)c1Cc1nnc2n1[C@@H](C)C(=O)N1CCC[C@@H]21. The molecule has 0 aromatic carbocycles. The van der Waals surface area contributed by atoms with Crippen LogP contribution in [0.2, 0.25) is 0 Å². The first-order valence-corrected chi connectivity index (χ1v) is 7.74. The maximum atomic E-state index is 12.6. The zero-order valence-corrected chi connectivity index (χ0v) is 13.0. The molecule has 2 aliphatic rings. The Morgan fingerprint density at radius 2 is 2.14 bits per heavy atom. The van der Waals surface area contributed by atoms with Gasteiger partial charge in [-0.15, -0.1) is 10.2 Å². The first-order chi connectivity index (χ1) is 10.6. The lowest BCUT2D eigenvalue weighted by Gasteiger charge is -2.34. The molecule has 0 bridgehead atoms. The molecule has 2 aliphatic heterocycles. The minimum absolute atomic E-state index is 0.0922. The first kappa shape index (κ1) is 13.5. The van der Waals surface area contributed by atoms with Gasteiger partial charge in [0, 0.05) is 18.5 Å². The Kier molecular flexibility index (Phi) is 2.85. The van der Waals surface area contributed by atoms with Crippen LogP contribution in [0.15, 0.2) is 4.52 Å². The number of aromatic nitrogens is 4. The molecule has 4 heterocycles. The number of nitrogens with zero attached hydrogens (tertiary/aromatic N) is 5. The number of amides is 1. The molecule has 1 amide bonds. The third kappa shape index (κ3) is 1.74. The first-order valence-electron chi connectivity index (χ1n) is 7.74. The Bertz CT molecular complexity index is 728. The minimum Gasteiger partial charge on any atom is -0.361 e. The highest BCUT2D eigenvalue weighted by molar-refractivity contribution is 5.82. The van der Waals surface area contributed by atoms with Crippen molar-refractivity contribution in [3.8, 4) is 0 Å². The molecule has 7 nitrogen and oxygen atoms in total. The molecular weight excluding hydrogens is 282 g/mol. The summed E-state index contributed by atoms with van der Waals surface area (Å²) in [6, 6.07) is -0.149. The van der Waals surface area contributed by atoms with Crippen molar-refractivity contribution in [1.82, 2.24) is 24.8 Å². The van der Waals surface area contributed by atoms with E-state index in [1.165, 1.54) is 0 Å². The quantitative estimate of drug-likeness (QED) is 0.844. The normalized spacial score (nSPS) is 23.8. The van der Waals surface area contributed by atoms with Gasteiger partial charge in [0.15, 0.2) is 5.82 Å². The summed E-state index contributed by atoms with van der Waals surface area (Å²) in [5.74, 6) is 2.71. The second kappa shape index (κ2) is 4.66. The van der Waals surface area contributed by atoms with E-state index in [4.69, 9.17) is 4.52 Å². The molecule has 116 valence electrons. The number of hydrogen-bond acceptors (Lipinski definition) is 5. The zero-order valence-electron chi connectivity index (χ0n) is 13.0. The largest absolute Gasteiger partial charge is 0.361 e. The van der Waals surface area contributed by atoms with E-state index in [0.29, 0.717) is 6.42 Å². The van der Waals surface area contributed by atoms with Crippen LogP contribution >= 0.6 is 0 Å². The minimum atomic E-state index is -0.241. The number of rotatable bonds is 2. The Morgan fingerprint density at radius 1 is 1.32 bits per heavy atom. The van der Waals surface area contributed by atoms with Gasteiger partial charge in [-0.3, -0.25) is 4.79 Å². The predicted octanol–water partition coefficient (Wildman–Crippen LogP) is 1.71. The summed E-state index contributed by atoms with van der Waals surface area (Å²) in [6.45, 7) is 6.59. The molecule has 1 saturated heterocycles. The fourth-order valence-electron chi connectivity index (χ4n) is 3.67. The van der Waals surface area contributed by atoms with E-state index in [-0.39, 0.29) is 18.0 Å². The molecule has 7 heteroatoms. The molecule has 0 radical (unpaired) electrons. The molecule has 2 aromatic heterocycles. The van der Waals surface area contributed by atoms with Crippen LogP contribution in [0, 0.1) is 13.8 Å². The van der Waals surface area contributed by atoms with Crippen molar-refractivity contribution in [2.24, 2.45) is 0 Å².